The van der Waals surface area contributed by atoms with Gasteiger partial charge in [-0.15, -0.1) is 0 Å². The lowest BCUT2D eigenvalue weighted by Gasteiger charge is -2.25. The third-order valence-corrected chi connectivity index (χ3v) is 5.25. The lowest BCUT2D eigenvalue weighted by Crippen LogP contribution is -2.46. The molecule has 1 heterocycles. The fourth-order valence-corrected chi connectivity index (χ4v) is 3.54. The van der Waals surface area contributed by atoms with E-state index in [1.807, 2.05) is 6.07 Å². The van der Waals surface area contributed by atoms with Crippen LogP contribution < -0.4 is 11.1 Å². The Labute approximate surface area is 206 Å². The lowest BCUT2D eigenvalue weighted by molar-refractivity contribution is -0.125. The Hall–Kier alpha value is -2.81. The van der Waals surface area contributed by atoms with Gasteiger partial charge in [0.2, 0.25) is 5.91 Å². The number of amides is 2. The van der Waals surface area contributed by atoms with Crippen molar-refractivity contribution in [1.29, 1.82) is 0 Å². The van der Waals surface area contributed by atoms with Gasteiger partial charge in [0.25, 0.3) is 5.91 Å². The predicted molar refractivity (Wildman–Crippen MR) is 129 cm³/mol. The van der Waals surface area contributed by atoms with Gasteiger partial charge in [-0.25, -0.2) is 0 Å². The molecule has 0 spiro atoms. The van der Waals surface area contributed by atoms with Gasteiger partial charge < -0.3 is 39.7 Å². The molecule has 1 aliphatic rings. The van der Waals surface area contributed by atoms with Gasteiger partial charge in [0.15, 0.2) is 0 Å². The number of rotatable bonds is 17. The number of aldehydes is 1. The minimum atomic E-state index is -0.705. The summed E-state index contributed by atoms with van der Waals surface area (Å²) in [5, 5.41) is 2.58. The molecule has 10 heteroatoms. The van der Waals surface area contributed by atoms with Crippen LogP contribution in [0.15, 0.2) is 18.2 Å². The Morgan fingerprint density at radius 2 is 1.77 bits per heavy atom. The van der Waals surface area contributed by atoms with E-state index in [0.29, 0.717) is 58.4 Å². The molecular formula is C25H35N3O7. The largest absolute Gasteiger partial charge is 0.378 e. The highest BCUT2D eigenvalue weighted by atomic mass is 16.6. The molecule has 192 valence electrons. The van der Waals surface area contributed by atoms with Gasteiger partial charge in [0.05, 0.1) is 46.2 Å². The number of likely N-dealkylation sites (N-methyl/N-ethyl adjacent to an activating group) is 1. The monoisotopic (exact) mass is 489 g/mol. The van der Waals surface area contributed by atoms with E-state index in [1.54, 1.807) is 12.1 Å². The van der Waals surface area contributed by atoms with Gasteiger partial charge in [-0.3, -0.25) is 9.59 Å². The first-order chi connectivity index (χ1) is 17.1. The van der Waals surface area contributed by atoms with E-state index in [1.165, 1.54) is 11.9 Å². The average Bonchev–Trinajstić information content (AvgIpc) is 3.21. The Morgan fingerprint density at radius 3 is 2.40 bits per heavy atom. The molecule has 0 fully saturated rings. The molecule has 1 unspecified atom stereocenters. The summed E-state index contributed by atoms with van der Waals surface area (Å²) in [5.74, 6) is 5.50. The fourth-order valence-electron chi connectivity index (χ4n) is 3.54. The summed E-state index contributed by atoms with van der Waals surface area (Å²) in [6.45, 7) is 4.33. The topological polar surface area (TPSA) is 129 Å². The van der Waals surface area contributed by atoms with Crippen molar-refractivity contribution in [3.8, 4) is 11.8 Å². The molecule has 1 aromatic rings. The normalized spacial score (nSPS) is 13.2. The van der Waals surface area contributed by atoms with Crippen LogP contribution in [0.5, 0.6) is 0 Å². The molecule has 1 atom stereocenters. The van der Waals surface area contributed by atoms with Crippen LogP contribution in [0.1, 0.15) is 34.3 Å². The summed E-state index contributed by atoms with van der Waals surface area (Å²) >= 11 is 0. The molecule has 0 bridgehead atoms. The first kappa shape index (κ1) is 28.4. The zero-order chi connectivity index (χ0) is 25.3. The molecular weight excluding hydrogens is 454 g/mol. The summed E-state index contributed by atoms with van der Waals surface area (Å²) in [5.41, 5.74) is 7.35. The van der Waals surface area contributed by atoms with Crippen molar-refractivity contribution in [3.05, 3.63) is 34.9 Å². The van der Waals surface area contributed by atoms with E-state index in [2.05, 4.69) is 17.2 Å². The van der Waals surface area contributed by atoms with Crippen LogP contribution in [0.3, 0.4) is 0 Å². The van der Waals surface area contributed by atoms with Crippen molar-refractivity contribution in [1.82, 2.24) is 10.2 Å². The Morgan fingerprint density at radius 1 is 1.11 bits per heavy atom. The molecule has 0 aliphatic carbocycles. The number of nitrogens with zero attached hydrogens (tertiary/aromatic N) is 1. The van der Waals surface area contributed by atoms with E-state index >= 15 is 0 Å². The standard InChI is InChI=1S/C25H35N3O7/c1-27-24(30)23(8-3-10-29)28-19-22-20(5-2-7-21(22)25(28)31)6-4-11-32-13-15-34-17-18-35-16-14-33-12-9-26/h2,5,7,10,23H,3,8-9,11-19,26H2,1H3,(H,27,30). The van der Waals surface area contributed by atoms with Crippen molar-refractivity contribution in [2.45, 2.75) is 25.4 Å². The molecule has 2 amide bonds. The van der Waals surface area contributed by atoms with E-state index in [-0.39, 0.29) is 37.8 Å². The number of ether oxygens (including phenoxy) is 4. The summed E-state index contributed by atoms with van der Waals surface area (Å²) in [6, 6.07) is 4.64. The van der Waals surface area contributed by atoms with E-state index in [0.717, 1.165) is 17.4 Å². The maximum atomic E-state index is 12.9. The average molecular weight is 490 g/mol. The summed E-state index contributed by atoms with van der Waals surface area (Å²) in [4.78, 5) is 37.6. The minimum Gasteiger partial charge on any atom is -0.378 e. The molecule has 0 saturated heterocycles. The second kappa shape index (κ2) is 16.8. The first-order valence-electron chi connectivity index (χ1n) is 11.7. The smallest absolute Gasteiger partial charge is 0.255 e. The minimum absolute atomic E-state index is 0.198. The highest BCUT2D eigenvalue weighted by Gasteiger charge is 2.36. The molecule has 3 N–H and O–H groups in total. The van der Waals surface area contributed by atoms with Gasteiger partial charge in [-0.2, -0.15) is 0 Å². The Kier molecular flexibility index (Phi) is 13.6. The molecule has 1 aliphatic heterocycles. The summed E-state index contributed by atoms with van der Waals surface area (Å²) in [6.07, 6.45) is 1.22. The maximum Gasteiger partial charge on any atom is 0.255 e. The molecule has 10 nitrogen and oxygen atoms in total. The zero-order valence-electron chi connectivity index (χ0n) is 20.3. The molecule has 0 radical (unpaired) electrons. The van der Waals surface area contributed by atoms with Crippen molar-refractivity contribution in [3.63, 3.8) is 0 Å². The third kappa shape index (κ3) is 9.39. The van der Waals surface area contributed by atoms with Crippen LogP contribution in [0, 0.1) is 11.8 Å². The highest BCUT2D eigenvalue weighted by molar-refractivity contribution is 6.01. The van der Waals surface area contributed by atoms with Crippen LogP contribution >= 0.6 is 0 Å². The number of carbonyl (C=O) groups is 3. The first-order valence-corrected chi connectivity index (χ1v) is 11.7. The number of hydrogen-bond acceptors (Lipinski definition) is 8. The number of benzene rings is 1. The van der Waals surface area contributed by atoms with Gasteiger partial charge in [0.1, 0.15) is 18.9 Å². The van der Waals surface area contributed by atoms with Crippen molar-refractivity contribution in [2.24, 2.45) is 5.73 Å². The predicted octanol–water partition coefficient (Wildman–Crippen LogP) is 0.113. The second-order valence-electron chi connectivity index (χ2n) is 7.62. The van der Waals surface area contributed by atoms with Crippen LogP contribution in [0.4, 0.5) is 0 Å². The van der Waals surface area contributed by atoms with Crippen molar-refractivity contribution in [2.75, 3.05) is 66.4 Å². The van der Waals surface area contributed by atoms with Gasteiger partial charge >= 0.3 is 0 Å². The van der Waals surface area contributed by atoms with Crippen molar-refractivity contribution < 1.29 is 33.3 Å². The van der Waals surface area contributed by atoms with Crippen LogP contribution in [0.25, 0.3) is 0 Å². The number of nitrogens with two attached hydrogens (primary N) is 1. The zero-order valence-corrected chi connectivity index (χ0v) is 20.3. The quantitative estimate of drug-likeness (QED) is 0.179. The SMILES string of the molecule is CNC(=O)C(CCC=O)N1Cc2c(C#CCOCCOCCOCCOCCN)cccc2C1=O. The van der Waals surface area contributed by atoms with Crippen LogP contribution in [-0.2, 0) is 35.1 Å². The molecule has 35 heavy (non-hydrogen) atoms. The highest BCUT2D eigenvalue weighted by Crippen LogP contribution is 2.28. The fraction of sp³-hybridized carbons (Fsp3) is 0.560. The number of fused-ring (bicyclic) bond motifs is 1. The van der Waals surface area contributed by atoms with Gasteiger partial charge in [-0.1, -0.05) is 17.9 Å². The number of hydrogen-bond donors (Lipinski definition) is 2. The van der Waals surface area contributed by atoms with Crippen LogP contribution in [0.2, 0.25) is 0 Å². The summed E-state index contributed by atoms with van der Waals surface area (Å²) < 4.78 is 21.5. The second-order valence-corrected chi connectivity index (χ2v) is 7.62. The molecule has 2 rings (SSSR count). The third-order valence-electron chi connectivity index (χ3n) is 5.25. The number of nitrogens with one attached hydrogen (secondary N) is 1. The van der Waals surface area contributed by atoms with E-state index < -0.39 is 6.04 Å². The van der Waals surface area contributed by atoms with Gasteiger partial charge in [-0.05, 0) is 24.1 Å². The van der Waals surface area contributed by atoms with Gasteiger partial charge in [0, 0.05) is 37.7 Å². The maximum absolute atomic E-state index is 12.9. The van der Waals surface area contributed by atoms with Crippen molar-refractivity contribution >= 4 is 18.1 Å². The molecule has 0 saturated carbocycles. The molecule has 1 aromatic carbocycles. The van der Waals surface area contributed by atoms with Crippen LogP contribution in [-0.4, -0.2) is 95.5 Å². The Balaban J connectivity index is 1.75. The lowest BCUT2D eigenvalue weighted by atomic mass is 10.0. The Bertz CT molecular complexity index is 882. The molecule has 0 aromatic heterocycles. The summed E-state index contributed by atoms with van der Waals surface area (Å²) in [7, 11) is 1.52. The number of carbonyl (C=O) groups excluding carboxylic acids is 3. The van der Waals surface area contributed by atoms with E-state index in [4.69, 9.17) is 24.7 Å². The van der Waals surface area contributed by atoms with E-state index in [9.17, 15) is 14.4 Å².